The Labute approximate surface area is 188 Å². The maximum Gasteiger partial charge on any atom is 0.208 e. The highest BCUT2D eigenvalue weighted by molar-refractivity contribution is 7.98. The van der Waals surface area contributed by atoms with Gasteiger partial charge in [0, 0.05) is 18.8 Å². The number of hydrogen-bond acceptors (Lipinski definition) is 8. The van der Waals surface area contributed by atoms with Crippen LogP contribution < -0.4 is 4.90 Å². The maximum absolute atomic E-state index is 5.05. The molecule has 1 aliphatic heterocycles. The molecule has 0 N–H and O–H groups in total. The Bertz CT molecular complexity index is 1380. The van der Waals surface area contributed by atoms with Gasteiger partial charge in [-0.25, -0.2) is 19.6 Å². The van der Waals surface area contributed by atoms with E-state index in [1.54, 1.807) is 18.1 Å². The molecule has 4 heterocycles. The summed E-state index contributed by atoms with van der Waals surface area (Å²) >= 11 is 1.66. The Balaban J connectivity index is 1.36. The van der Waals surface area contributed by atoms with Crippen molar-refractivity contribution in [1.82, 2.24) is 29.8 Å². The van der Waals surface area contributed by atoms with Crippen LogP contribution in [-0.2, 0) is 12.3 Å². The second-order valence-corrected chi connectivity index (χ2v) is 8.87. The Morgan fingerprint density at radius 1 is 0.906 bits per heavy atom. The lowest BCUT2D eigenvalue weighted by atomic mass is 10.2. The molecule has 1 fully saturated rings. The van der Waals surface area contributed by atoms with Crippen LogP contribution in [0.1, 0.15) is 24.0 Å². The lowest BCUT2D eigenvalue weighted by Gasteiger charge is -2.18. The third-order valence-electron chi connectivity index (χ3n) is 5.74. The van der Waals surface area contributed by atoms with E-state index in [0.29, 0.717) is 0 Å². The molecule has 9 heteroatoms. The fourth-order valence-corrected chi connectivity index (χ4v) is 5.03. The van der Waals surface area contributed by atoms with Crippen LogP contribution in [0.3, 0.4) is 0 Å². The van der Waals surface area contributed by atoms with Gasteiger partial charge in [-0.1, -0.05) is 48.2 Å². The minimum atomic E-state index is 0.736. The summed E-state index contributed by atoms with van der Waals surface area (Å²) in [4.78, 5) is 16.6. The number of benzene rings is 2. The minimum absolute atomic E-state index is 0.736. The Morgan fingerprint density at radius 2 is 1.75 bits per heavy atom. The van der Waals surface area contributed by atoms with E-state index < -0.39 is 0 Å². The molecule has 0 amide bonds. The van der Waals surface area contributed by atoms with E-state index in [0.717, 1.165) is 64.1 Å². The van der Waals surface area contributed by atoms with Crippen LogP contribution in [0.2, 0.25) is 0 Å². The lowest BCUT2D eigenvalue weighted by Crippen LogP contribution is -2.22. The summed E-state index contributed by atoms with van der Waals surface area (Å²) in [6, 6.07) is 16.4. The predicted molar refractivity (Wildman–Crippen MR) is 124 cm³/mol. The summed E-state index contributed by atoms with van der Waals surface area (Å²) in [6.45, 7) is 2.79. The van der Waals surface area contributed by atoms with Crippen molar-refractivity contribution in [2.45, 2.75) is 30.2 Å². The highest BCUT2D eigenvalue weighted by atomic mass is 32.2. The molecule has 160 valence electrons. The van der Waals surface area contributed by atoms with Crippen LogP contribution in [0.4, 0.5) is 5.95 Å². The highest BCUT2D eigenvalue weighted by Crippen LogP contribution is 2.32. The van der Waals surface area contributed by atoms with Gasteiger partial charge < -0.3 is 4.90 Å². The summed E-state index contributed by atoms with van der Waals surface area (Å²) in [6.07, 6.45) is 4.04. The van der Waals surface area contributed by atoms with Crippen molar-refractivity contribution >= 4 is 39.9 Å². The minimum Gasteiger partial charge on any atom is -0.342 e. The van der Waals surface area contributed by atoms with E-state index in [9.17, 15) is 0 Å². The zero-order chi connectivity index (χ0) is 21.3. The molecule has 1 saturated heterocycles. The van der Waals surface area contributed by atoms with Gasteiger partial charge in [0.25, 0.3) is 0 Å². The molecular weight excluding hydrogens is 422 g/mol. The Hall–Kier alpha value is -3.46. The van der Waals surface area contributed by atoms with Gasteiger partial charge in [0.05, 0.1) is 6.54 Å². The molecule has 8 nitrogen and oxygen atoms in total. The van der Waals surface area contributed by atoms with Crippen molar-refractivity contribution < 1.29 is 4.63 Å². The largest absolute Gasteiger partial charge is 0.342 e. The number of rotatable bonds is 6. The second kappa shape index (κ2) is 8.23. The Kier molecular flexibility index (Phi) is 4.95. The van der Waals surface area contributed by atoms with Gasteiger partial charge in [0.1, 0.15) is 27.9 Å². The molecule has 0 atom stereocenters. The summed E-state index contributed by atoms with van der Waals surface area (Å²) in [7, 11) is 0. The van der Waals surface area contributed by atoms with E-state index in [4.69, 9.17) is 9.61 Å². The third-order valence-corrected chi connectivity index (χ3v) is 6.79. The fraction of sp³-hybridized carbons (Fsp3) is 0.261. The molecule has 6 rings (SSSR count). The zero-order valence-corrected chi connectivity index (χ0v) is 18.2. The van der Waals surface area contributed by atoms with E-state index in [1.165, 1.54) is 18.4 Å². The van der Waals surface area contributed by atoms with Crippen molar-refractivity contribution in [1.29, 1.82) is 0 Å². The zero-order valence-electron chi connectivity index (χ0n) is 17.4. The van der Waals surface area contributed by atoms with Crippen molar-refractivity contribution in [3.05, 3.63) is 66.0 Å². The maximum atomic E-state index is 5.05. The molecule has 0 spiro atoms. The normalized spacial score (nSPS) is 14.1. The van der Waals surface area contributed by atoms with Gasteiger partial charge in [-0.15, -0.1) is 0 Å². The van der Waals surface area contributed by atoms with Crippen LogP contribution in [0.15, 0.2) is 64.5 Å². The first-order valence-corrected chi connectivity index (χ1v) is 11.7. The van der Waals surface area contributed by atoms with Crippen LogP contribution in [0.5, 0.6) is 0 Å². The van der Waals surface area contributed by atoms with Gasteiger partial charge in [-0.3, -0.25) is 4.57 Å². The van der Waals surface area contributed by atoms with Crippen LogP contribution in [0, 0.1) is 0 Å². The summed E-state index contributed by atoms with van der Waals surface area (Å²) < 4.78 is 7.04. The molecule has 0 bridgehead atoms. The summed E-state index contributed by atoms with van der Waals surface area (Å²) in [5.74, 6) is 1.73. The first-order valence-electron chi connectivity index (χ1n) is 10.7. The second-order valence-electron chi connectivity index (χ2n) is 7.90. The van der Waals surface area contributed by atoms with Crippen LogP contribution >= 0.6 is 11.8 Å². The lowest BCUT2D eigenvalue weighted by molar-refractivity contribution is 0.315. The molecule has 3 aromatic heterocycles. The van der Waals surface area contributed by atoms with Crippen molar-refractivity contribution in [2.75, 3.05) is 18.0 Å². The number of imidazole rings is 1. The van der Waals surface area contributed by atoms with Crippen molar-refractivity contribution in [3.8, 4) is 0 Å². The molecule has 0 saturated carbocycles. The topological polar surface area (TPSA) is 85.8 Å². The molecule has 1 aliphatic rings. The molecular formula is C23H21N7OS. The third kappa shape index (κ3) is 3.58. The van der Waals surface area contributed by atoms with E-state index in [-0.39, 0.29) is 0 Å². The number of fused-ring (bicyclic) bond motifs is 2. The summed E-state index contributed by atoms with van der Waals surface area (Å²) in [5, 5.41) is 8.70. The molecule has 32 heavy (non-hydrogen) atoms. The standard InChI is InChI=1S/C23H21N7OS/c1-2-6-16(7-3-1)13-30-21-20(26-23(30)29-10-4-5-11-29)22(25-15-24-21)32-14-17-8-9-18-19(12-17)28-31-27-18/h1-3,6-9,12,15H,4-5,10-11,13-14H2. The first-order chi connectivity index (χ1) is 15.8. The van der Waals surface area contributed by atoms with Crippen molar-refractivity contribution in [2.24, 2.45) is 0 Å². The number of anilines is 1. The van der Waals surface area contributed by atoms with Gasteiger partial charge in [-0.2, -0.15) is 0 Å². The average Bonchev–Trinajstić information content (AvgIpc) is 3.58. The average molecular weight is 444 g/mol. The van der Waals surface area contributed by atoms with Gasteiger partial charge >= 0.3 is 0 Å². The molecule has 0 unspecified atom stereocenters. The van der Waals surface area contributed by atoms with Crippen LogP contribution in [0.25, 0.3) is 22.2 Å². The smallest absolute Gasteiger partial charge is 0.208 e. The van der Waals surface area contributed by atoms with Gasteiger partial charge in [0.15, 0.2) is 5.65 Å². The van der Waals surface area contributed by atoms with Gasteiger partial charge in [0.2, 0.25) is 5.95 Å². The van der Waals surface area contributed by atoms with Gasteiger partial charge in [-0.05, 0) is 46.4 Å². The first kappa shape index (κ1) is 19.2. The number of thioether (sulfide) groups is 1. The number of hydrogen-bond donors (Lipinski definition) is 0. The molecule has 0 aliphatic carbocycles. The summed E-state index contributed by atoms with van der Waals surface area (Å²) in [5.41, 5.74) is 5.63. The predicted octanol–water partition coefficient (Wildman–Crippen LogP) is 4.30. The van der Waals surface area contributed by atoms with E-state index in [1.807, 2.05) is 24.3 Å². The van der Waals surface area contributed by atoms with Crippen molar-refractivity contribution in [3.63, 3.8) is 0 Å². The number of nitrogens with zero attached hydrogens (tertiary/aromatic N) is 7. The van der Waals surface area contributed by atoms with Crippen LogP contribution in [-0.4, -0.2) is 42.9 Å². The SMILES string of the molecule is c1ccc(Cn2c(N3CCCC3)nc3c(SCc4ccc5nonc5c4)ncnc32)cc1. The van der Waals surface area contributed by atoms with E-state index >= 15 is 0 Å². The molecule has 2 aromatic carbocycles. The number of aromatic nitrogens is 6. The quantitative estimate of drug-likeness (QED) is 0.284. The molecule has 0 radical (unpaired) electrons. The fourth-order valence-electron chi connectivity index (χ4n) is 4.15. The van der Waals surface area contributed by atoms with E-state index in [2.05, 4.69) is 54.0 Å². The molecule has 5 aromatic rings. The highest BCUT2D eigenvalue weighted by Gasteiger charge is 2.23. The monoisotopic (exact) mass is 443 g/mol. The Morgan fingerprint density at radius 3 is 2.62 bits per heavy atom.